The third-order valence-corrected chi connectivity index (χ3v) is 7.08. The van der Waals surface area contributed by atoms with Crippen molar-refractivity contribution in [1.82, 2.24) is 0 Å². The normalized spacial score (nSPS) is 12.5. The minimum absolute atomic E-state index is 0.265. The van der Waals surface area contributed by atoms with Gasteiger partial charge in [0.1, 0.15) is 0 Å². The fourth-order valence-corrected chi connectivity index (χ4v) is 5.19. The lowest BCUT2D eigenvalue weighted by Crippen LogP contribution is -2.34. The molecule has 0 heterocycles. The number of para-hydroxylation sites is 1. The molecule has 1 unspecified atom stereocenters. The van der Waals surface area contributed by atoms with Crippen LogP contribution < -0.4 is 4.31 Å². The van der Waals surface area contributed by atoms with Gasteiger partial charge in [-0.25, -0.2) is 8.42 Å². The van der Waals surface area contributed by atoms with Crippen molar-refractivity contribution >= 4 is 21.8 Å². The largest absolute Gasteiger partial charge is 0.265 e. The first-order valence-corrected chi connectivity index (χ1v) is 11.9. The lowest BCUT2D eigenvalue weighted by molar-refractivity contribution is 0.586. The molecule has 4 rings (SSSR count). The molecule has 32 heavy (non-hydrogen) atoms. The number of aryl methyl sites for hydroxylation is 1. The molecule has 0 amide bonds. The van der Waals surface area contributed by atoms with Crippen LogP contribution in [0.2, 0.25) is 0 Å². The van der Waals surface area contributed by atoms with Crippen LogP contribution in [0.5, 0.6) is 0 Å². The van der Waals surface area contributed by atoms with Gasteiger partial charge in [-0.2, -0.15) is 0 Å². The van der Waals surface area contributed by atoms with Gasteiger partial charge in [0.05, 0.1) is 16.6 Å². The number of benzene rings is 4. The highest BCUT2D eigenvalue weighted by Gasteiger charge is 2.31. The summed E-state index contributed by atoms with van der Waals surface area (Å²) >= 11 is 0. The Labute approximate surface area is 190 Å². The zero-order valence-corrected chi connectivity index (χ0v) is 18.7. The Bertz CT molecular complexity index is 1270. The SMILES string of the molecule is Cc1ccc(S(=O)(=O)N(c2ccccc2)C(/C=C/c2ccccc2)c2ccccc2)cc1. The van der Waals surface area contributed by atoms with Crippen LogP contribution in [0.15, 0.2) is 126 Å². The van der Waals surface area contributed by atoms with Gasteiger partial charge in [0, 0.05) is 0 Å². The van der Waals surface area contributed by atoms with Crippen molar-refractivity contribution in [2.24, 2.45) is 0 Å². The van der Waals surface area contributed by atoms with Gasteiger partial charge in [0.2, 0.25) is 0 Å². The van der Waals surface area contributed by atoms with Crippen molar-refractivity contribution in [3.8, 4) is 0 Å². The van der Waals surface area contributed by atoms with Crippen LogP contribution in [0.25, 0.3) is 6.08 Å². The number of hydrogen-bond donors (Lipinski definition) is 0. The van der Waals surface area contributed by atoms with Crippen LogP contribution in [0.4, 0.5) is 5.69 Å². The van der Waals surface area contributed by atoms with Gasteiger partial charge in [-0.1, -0.05) is 109 Å². The highest BCUT2D eigenvalue weighted by molar-refractivity contribution is 7.92. The van der Waals surface area contributed by atoms with E-state index in [9.17, 15) is 8.42 Å². The van der Waals surface area contributed by atoms with Crippen molar-refractivity contribution in [3.63, 3.8) is 0 Å². The molecule has 0 fully saturated rings. The molecule has 0 N–H and O–H groups in total. The van der Waals surface area contributed by atoms with E-state index in [0.717, 1.165) is 16.7 Å². The van der Waals surface area contributed by atoms with Crippen LogP contribution in [0, 0.1) is 6.92 Å². The van der Waals surface area contributed by atoms with Crippen molar-refractivity contribution in [2.75, 3.05) is 4.31 Å². The molecule has 3 nitrogen and oxygen atoms in total. The lowest BCUT2D eigenvalue weighted by Gasteiger charge is -2.31. The summed E-state index contributed by atoms with van der Waals surface area (Å²) in [7, 11) is -3.84. The zero-order valence-electron chi connectivity index (χ0n) is 17.9. The van der Waals surface area contributed by atoms with Crippen molar-refractivity contribution < 1.29 is 8.42 Å². The first-order valence-electron chi connectivity index (χ1n) is 10.5. The first-order chi connectivity index (χ1) is 15.6. The minimum atomic E-state index is -3.84. The third-order valence-electron chi connectivity index (χ3n) is 5.25. The van der Waals surface area contributed by atoms with E-state index in [1.165, 1.54) is 4.31 Å². The smallest absolute Gasteiger partial charge is 0.255 e. The van der Waals surface area contributed by atoms with Crippen LogP contribution in [-0.2, 0) is 10.0 Å². The number of nitrogens with zero attached hydrogens (tertiary/aromatic N) is 1. The molecule has 160 valence electrons. The second kappa shape index (κ2) is 9.67. The molecule has 0 aliphatic rings. The van der Waals surface area contributed by atoms with Crippen LogP contribution in [0.1, 0.15) is 22.7 Å². The van der Waals surface area contributed by atoms with Gasteiger partial charge in [-0.15, -0.1) is 0 Å². The first kappa shape index (κ1) is 21.6. The fraction of sp³-hybridized carbons (Fsp3) is 0.0714. The Kier molecular flexibility index (Phi) is 6.52. The second-order valence-corrected chi connectivity index (χ2v) is 9.39. The van der Waals surface area contributed by atoms with Crippen molar-refractivity contribution in [2.45, 2.75) is 17.9 Å². The van der Waals surface area contributed by atoms with E-state index in [2.05, 4.69) is 0 Å². The summed E-state index contributed by atoms with van der Waals surface area (Å²) in [4.78, 5) is 0.265. The maximum Gasteiger partial charge on any atom is 0.265 e. The van der Waals surface area contributed by atoms with Crippen molar-refractivity contribution in [1.29, 1.82) is 0 Å². The Balaban J connectivity index is 1.89. The maximum atomic E-state index is 14.0. The molecule has 0 saturated carbocycles. The van der Waals surface area contributed by atoms with E-state index in [1.54, 1.807) is 12.1 Å². The van der Waals surface area contributed by atoms with Gasteiger partial charge >= 0.3 is 0 Å². The Morgan fingerprint density at radius 1 is 0.688 bits per heavy atom. The summed E-state index contributed by atoms with van der Waals surface area (Å²) in [5.41, 5.74) is 3.52. The third kappa shape index (κ3) is 4.82. The summed E-state index contributed by atoms with van der Waals surface area (Å²) < 4.78 is 29.4. The predicted octanol–water partition coefficient (Wildman–Crippen LogP) is 6.65. The molecule has 0 bridgehead atoms. The van der Waals surface area contributed by atoms with E-state index >= 15 is 0 Å². The minimum Gasteiger partial charge on any atom is -0.255 e. The van der Waals surface area contributed by atoms with Gasteiger partial charge in [-0.05, 0) is 42.3 Å². The zero-order chi connectivity index (χ0) is 22.4. The molecule has 0 aliphatic carbocycles. The quantitative estimate of drug-likeness (QED) is 0.323. The molecule has 0 aliphatic heterocycles. The molecule has 4 aromatic rings. The van der Waals surface area contributed by atoms with Gasteiger partial charge in [-0.3, -0.25) is 4.31 Å². The summed E-state index contributed by atoms with van der Waals surface area (Å²) in [6, 6.07) is 35.3. The van der Waals surface area contributed by atoms with E-state index in [0.29, 0.717) is 5.69 Å². The lowest BCUT2D eigenvalue weighted by atomic mass is 10.0. The Hall–Kier alpha value is -3.63. The standard InChI is InChI=1S/C28H25NO2S/c1-23-17-20-27(21-18-23)32(30,31)29(26-15-9-4-10-16-26)28(25-13-7-3-8-14-25)22-19-24-11-5-2-6-12-24/h2-22,28H,1H3/b22-19+. The number of hydrogen-bond acceptors (Lipinski definition) is 2. The highest BCUT2D eigenvalue weighted by atomic mass is 32.2. The van der Waals surface area contributed by atoms with E-state index in [-0.39, 0.29) is 4.90 Å². The Morgan fingerprint density at radius 3 is 1.81 bits per heavy atom. The predicted molar refractivity (Wildman–Crippen MR) is 132 cm³/mol. The van der Waals surface area contributed by atoms with Gasteiger partial charge < -0.3 is 0 Å². The molecule has 0 radical (unpaired) electrons. The van der Waals surface area contributed by atoms with Crippen LogP contribution >= 0.6 is 0 Å². The summed E-state index contributed by atoms with van der Waals surface area (Å²) in [5, 5.41) is 0. The second-order valence-electron chi connectivity index (χ2n) is 7.57. The fourth-order valence-electron chi connectivity index (χ4n) is 3.59. The molecule has 1 atom stereocenters. The molecular formula is C28H25NO2S. The molecule has 4 aromatic carbocycles. The van der Waals surface area contributed by atoms with Gasteiger partial charge in [0.25, 0.3) is 10.0 Å². The number of sulfonamides is 1. The topological polar surface area (TPSA) is 37.4 Å². The van der Waals surface area contributed by atoms with Gasteiger partial charge in [0.15, 0.2) is 0 Å². The average molecular weight is 440 g/mol. The summed E-state index contributed by atoms with van der Waals surface area (Å²) in [6.45, 7) is 1.95. The summed E-state index contributed by atoms with van der Waals surface area (Å²) in [6.07, 6.45) is 3.92. The molecule has 0 saturated heterocycles. The van der Waals surface area contributed by atoms with E-state index in [1.807, 2.05) is 122 Å². The monoisotopic (exact) mass is 439 g/mol. The number of anilines is 1. The molecular weight excluding hydrogens is 414 g/mol. The molecule has 0 spiro atoms. The molecule has 0 aromatic heterocycles. The van der Waals surface area contributed by atoms with E-state index in [4.69, 9.17) is 0 Å². The number of rotatable bonds is 7. The van der Waals surface area contributed by atoms with Crippen LogP contribution in [-0.4, -0.2) is 8.42 Å². The summed E-state index contributed by atoms with van der Waals surface area (Å²) in [5.74, 6) is 0. The molecule has 4 heteroatoms. The van der Waals surface area contributed by atoms with Crippen LogP contribution in [0.3, 0.4) is 0 Å². The van der Waals surface area contributed by atoms with E-state index < -0.39 is 16.1 Å². The average Bonchev–Trinajstić information content (AvgIpc) is 2.83. The Morgan fingerprint density at radius 2 is 1.22 bits per heavy atom. The maximum absolute atomic E-state index is 14.0. The van der Waals surface area contributed by atoms with Crippen molar-refractivity contribution in [3.05, 3.63) is 138 Å². The highest BCUT2D eigenvalue weighted by Crippen LogP contribution is 2.34.